The second-order valence-electron chi connectivity index (χ2n) is 5.05. The van der Waals surface area contributed by atoms with Gasteiger partial charge in [-0.15, -0.1) is 13.2 Å². The fourth-order valence-electron chi connectivity index (χ4n) is 2.01. The molecule has 0 aliphatic heterocycles. The minimum atomic E-state index is -4.87. The van der Waals surface area contributed by atoms with E-state index in [4.69, 9.17) is 0 Å². The monoisotopic (exact) mass is 363 g/mol. The number of benzene rings is 1. The molecule has 1 aromatic heterocycles. The van der Waals surface area contributed by atoms with Crippen LogP contribution >= 0.6 is 0 Å². The van der Waals surface area contributed by atoms with E-state index in [2.05, 4.69) is 9.72 Å². The molecule has 1 aromatic carbocycles. The van der Waals surface area contributed by atoms with Crippen LogP contribution in [0.1, 0.15) is 28.0 Å². The maximum Gasteiger partial charge on any atom is 0.573 e. The van der Waals surface area contributed by atoms with E-state index in [1.54, 1.807) is 0 Å². The molecular weight excluding hydrogens is 352 g/mol. The Balaban J connectivity index is 1.99. The number of hydrogen-bond donors (Lipinski definition) is 0. The molecule has 0 unspecified atom stereocenters. The fraction of sp³-hybridized carbons (Fsp3) is 0.250. The van der Waals surface area contributed by atoms with Gasteiger partial charge in [-0.3, -0.25) is 9.78 Å². The molecule has 0 saturated heterocycles. The first-order valence-corrected chi connectivity index (χ1v) is 6.96. The second-order valence-corrected chi connectivity index (χ2v) is 5.05. The van der Waals surface area contributed by atoms with Crippen LogP contribution in [0.2, 0.25) is 0 Å². The number of aromatic nitrogens is 1. The van der Waals surface area contributed by atoms with Gasteiger partial charge in [-0.25, -0.2) is 0 Å². The highest BCUT2D eigenvalue weighted by Crippen LogP contribution is 2.27. The fourth-order valence-corrected chi connectivity index (χ4v) is 2.01. The zero-order valence-corrected chi connectivity index (χ0v) is 12.5. The number of carbonyl (C=O) groups excluding carboxylic acids is 1. The molecular formula is C16H11F6NO2. The van der Waals surface area contributed by atoms with E-state index in [0.29, 0.717) is 5.56 Å². The summed E-state index contributed by atoms with van der Waals surface area (Å²) in [5.74, 6) is -0.984. The number of alkyl halides is 6. The van der Waals surface area contributed by atoms with Gasteiger partial charge in [0.2, 0.25) is 0 Å². The summed E-state index contributed by atoms with van der Waals surface area (Å²) in [6, 6.07) is 6.60. The Labute approximate surface area is 138 Å². The number of ketones is 1. The number of halogens is 6. The predicted octanol–water partition coefficient (Wildman–Crippen LogP) is 4.81. The van der Waals surface area contributed by atoms with Crippen molar-refractivity contribution in [3.63, 3.8) is 0 Å². The van der Waals surface area contributed by atoms with Crippen molar-refractivity contribution in [2.24, 2.45) is 0 Å². The van der Waals surface area contributed by atoms with Gasteiger partial charge in [-0.2, -0.15) is 13.2 Å². The van der Waals surface area contributed by atoms with E-state index in [0.717, 1.165) is 24.4 Å². The van der Waals surface area contributed by atoms with Crippen molar-refractivity contribution in [1.29, 1.82) is 0 Å². The van der Waals surface area contributed by atoms with Gasteiger partial charge in [0, 0.05) is 18.2 Å². The number of hydrogen-bond acceptors (Lipinski definition) is 3. The SMILES string of the molecule is O=C(CCc1ccc(C(F)(F)F)nc1)c1cccc(OC(F)(F)F)c1. The van der Waals surface area contributed by atoms with E-state index in [-0.39, 0.29) is 18.4 Å². The minimum Gasteiger partial charge on any atom is -0.406 e. The first-order valence-electron chi connectivity index (χ1n) is 6.96. The maximum absolute atomic E-state index is 12.4. The van der Waals surface area contributed by atoms with Crippen LogP contribution in [0.3, 0.4) is 0 Å². The number of carbonyl (C=O) groups is 1. The topological polar surface area (TPSA) is 39.2 Å². The van der Waals surface area contributed by atoms with Crippen molar-refractivity contribution in [2.75, 3.05) is 0 Å². The molecule has 0 spiro atoms. The molecule has 0 aliphatic rings. The summed E-state index contributed by atoms with van der Waals surface area (Å²) in [5.41, 5.74) is -0.620. The van der Waals surface area contributed by atoms with Crippen LogP contribution in [0.25, 0.3) is 0 Å². The Morgan fingerprint density at radius 2 is 1.76 bits per heavy atom. The molecule has 0 bridgehead atoms. The first kappa shape index (κ1) is 18.8. The zero-order valence-electron chi connectivity index (χ0n) is 12.5. The number of Topliss-reactive ketones (excluding diaryl/α,β-unsaturated/α-hetero) is 1. The first-order chi connectivity index (χ1) is 11.5. The Kier molecular flexibility index (Phi) is 5.34. The van der Waals surface area contributed by atoms with E-state index in [1.807, 2.05) is 0 Å². The summed E-state index contributed by atoms with van der Waals surface area (Å²) < 4.78 is 77.4. The van der Waals surface area contributed by atoms with Crippen molar-refractivity contribution >= 4 is 5.78 Å². The Hall–Kier alpha value is -2.58. The van der Waals surface area contributed by atoms with Crippen LogP contribution in [0.5, 0.6) is 5.75 Å². The van der Waals surface area contributed by atoms with Gasteiger partial charge in [0.25, 0.3) is 0 Å². The Morgan fingerprint density at radius 1 is 1.04 bits per heavy atom. The third kappa shape index (κ3) is 5.77. The van der Waals surface area contributed by atoms with Crippen LogP contribution in [-0.2, 0) is 12.6 Å². The summed E-state index contributed by atoms with van der Waals surface area (Å²) in [4.78, 5) is 15.3. The van der Waals surface area contributed by atoms with Gasteiger partial charge in [0.05, 0.1) is 0 Å². The second kappa shape index (κ2) is 7.12. The van der Waals surface area contributed by atoms with Crippen molar-refractivity contribution in [2.45, 2.75) is 25.4 Å². The number of rotatable bonds is 5. The molecule has 2 rings (SSSR count). The highest BCUT2D eigenvalue weighted by molar-refractivity contribution is 5.96. The van der Waals surface area contributed by atoms with Crippen molar-refractivity contribution in [3.8, 4) is 5.75 Å². The number of aryl methyl sites for hydroxylation is 1. The standard InChI is InChI=1S/C16H11F6NO2/c17-15(18,19)14-7-5-10(9-23-14)4-6-13(24)11-2-1-3-12(8-11)25-16(20,21)22/h1-3,5,7-9H,4,6H2. The third-order valence-corrected chi connectivity index (χ3v) is 3.15. The summed E-state index contributed by atoms with van der Waals surface area (Å²) in [7, 11) is 0. The van der Waals surface area contributed by atoms with Crippen molar-refractivity contribution in [3.05, 3.63) is 59.4 Å². The molecule has 0 N–H and O–H groups in total. The normalized spacial score (nSPS) is 12.1. The minimum absolute atomic E-state index is 0.0154. The average molecular weight is 363 g/mol. The van der Waals surface area contributed by atoms with Crippen LogP contribution in [0.15, 0.2) is 42.6 Å². The molecule has 3 nitrogen and oxygen atoms in total. The van der Waals surface area contributed by atoms with E-state index < -0.39 is 29.8 Å². The lowest BCUT2D eigenvalue weighted by Crippen LogP contribution is -2.17. The summed E-state index contributed by atoms with van der Waals surface area (Å²) >= 11 is 0. The highest BCUT2D eigenvalue weighted by atomic mass is 19.4. The molecule has 0 radical (unpaired) electrons. The van der Waals surface area contributed by atoms with Crippen LogP contribution in [0, 0.1) is 0 Å². The molecule has 0 saturated carbocycles. The van der Waals surface area contributed by atoms with Crippen molar-refractivity contribution < 1.29 is 35.9 Å². The smallest absolute Gasteiger partial charge is 0.406 e. The molecule has 9 heteroatoms. The maximum atomic E-state index is 12.4. The molecule has 0 aliphatic carbocycles. The van der Waals surface area contributed by atoms with E-state index in [1.165, 1.54) is 18.2 Å². The molecule has 0 amide bonds. The highest BCUT2D eigenvalue weighted by Gasteiger charge is 2.32. The molecule has 25 heavy (non-hydrogen) atoms. The number of ether oxygens (including phenoxy) is 1. The third-order valence-electron chi connectivity index (χ3n) is 3.15. The van der Waals surface area contributed by atoms with Crippen molar-refractivity contribution in [1.82, 2.24) is 4.98 Å². The summed E-state index contributed by atoms with van der Waals surface area (Å²) in [6.07, 6.45) is -8.39. The lowest BCUT2D eigenvalue weighted by Gasteiger charge is -2.10. The summed E-state index contributed by atoms with van der Waals surface area (Å²) in [6.45, 7) is 0. The average Bonchev–Trinajstić information content (AvgIpc) is 2.51. The predicted molar refractivity (Wildman–Crippen MR) is 75.0 cm³/mol. The van der Waals surface area contributed by atoms with Gasteiger partial charge >= 0.3 is 12.5 Å². The van der Waals surface area contributed by atoms with Gasteiger partial charge in [-0.1, -0.05) is 18.2 Å². The largest absolute Gasteiger partial charge is 0.573 e. The molecule has 134 valence electrons. The van der Waals surface area contributed by atoms with Gasteiger partial charge in [0.1, 0.15) is 11.4 Å². The molecule has 1 heterocycles. The van der Waals surface area contributed by atoms with E-state index >= 15 is 0 Å². The number of nitrogens with zero attached hydrogens (tertiary/aromatic N) is 1. The Bertz CT molecular complexity index is 738. The van der Waals surface area contributed by atoms with Crippen LogP contribution in [-0.4, -0.2) is 17.1 Å². The molecule has 0 fully saturated rings. The lowest BCUT2D eigenvalue weighted by molar-refractivity contribution is -0.274. The summed E-state index contributed by atoms with van der Waals surface area (Å²) in [5, 5.41) is 0. The zero-order chi connectivity index (χ0) is 18.7. The lowest BCUT2D eigenvalue weighted by atomic mass is 10.0. The van der Waals surface area contributed by atoms with E-state index in [9.17, 15) is 31.1 Å². The van der Waals surface area contributed by atoms with Gasteiger partial charge in [-0.05, 0) is 30.2 Å². The van der Waals surface area contributed by atoms with Crippen LogP contribution in [0.4, 0.5) is 26.3 Å². The van der Waals surface area contributed by atoms with Crippen LogP contribution < -0.4 is 4.74 Å². The quantitative estimate of drug-likeness (QED) is 0.565. The van der Waals surface area contributed by atoms with Gasteiger partial charge in [0.15, 0.2) is 5.78 Å². The molecule has 0 atom stereocenters. The number of pyridine rings is 1. The van der Waals surface area contributed by atoms with Gasteiger partial charge < -0.3 is 4.74 Å². The molecule has 2 aromatic rings. The Morgan fingerprint density at radius 3 is 2.32 bits per heavy atom.